The lowest BCUT2D eigenvalue weighted by atomic mass is 10.1. The van der Waals surface area contributed by atoms with Crippen LogP contribution in [0.1, 0.15) is 10.6 Å². The van der Waals surface area contributed by atoms with Crippen molar-refractivity contribution in [1.29, 1.82) is 0 Å². The molecule has 156 valence electrons. The average molecular weight is 452 g/mol. The lowest BCUT2D eigenvalue weighted by Crippen LogP contribution is -2.04. The van der Waals surface area contributed by atoms with Gasteiger partial charge in [-0.2, -0.15) is 0 Å². The number of halogens is 1. The Morgan fingerprint density at radius 2 is 2.10 bits per heavy atom. The lowest BCUT2D eigenvalue weighted by Gasteiger charge is -2.12. The first kappa shape index (κ1) is 19.7. The smallest absolute Gasteiger partial charge is 0.187 e. The van der Waals surface area contributed by atoms with Crippen molar-refractivity contribution < 1.29 is 9.47 Å². The number of nitrogens with zero attached hydrogens (tertiary/aromatic N) is 4. The normalized spacial score (nSPS) is 13.1. The molecule has 0 spiro atoms. The molecule has 5 rings (SSSR count). The first-order chi connectivity index (χ1) is 15.2. The van der Waals surface area contributed by atoms with Gasteiger partial charge >= 0.3 is 0 Å². The van der Waals surface area contributed by atoms with Crippen molar-refractivity contribution in [3.05, 3.63) is 69.9 Å². The van der Waals surface area contributed by atoms with Gasteiger partial charge in [0.05, 0.1) is 17.1 Å². The second-order valence-corrected chi connectivity index (χ2v) is 8.25. The summed E-state index contributed by atoms with van der Waals surface area (Å²) in [4.78, 5) is 17.4. The van der Waals surface area contributed by atoms with Gasteiger partial charge in [-0.3, -0.25) is 4.99 Å². The fourth-order valence-electron chi connectivity index (χ4n) is 3.27. The first-order valence-corrected chi connectivity index (χ1v) is 11.0. The molecule has 1 N–H and O–H groups in total. The van der Waals surface area contributed by atoms with Crippen LogP contribution in [-0.4, -0.2) is 34.0 Å². The van der Waals surface area contributed by atoms with Crippen LogP contribution in [0.4, 0.5) is 11.5 Å². The molecule has 1 aliphatic rings. The molecule has 0 radical (unpaired) electrons. The van der Waals surface area contributed by atoms with Crippen LogP contribution in [0.25, 0.3) is 10.9 Å². The van der Waals surface area contributed by atoms with E-state index in [1.807, 2.05) is 35.7 Å². The quantitative estimate of drug-likeness (QED) is 0.424. The zero-order valence-corrected chi connectivity index (χ0v) is 18.0. The highest BCUT2D eigenvalue weighted by molar-refractivity contribution is 7.09. The van der Waals surface area contributed by atoms with Gasteiger partial charge in [-0.1, -0.05) is 17.7 Å². The largest absolute Gasteiger partial charge is 0.485 e. The van der Waals surface area contributed by atoms with Gasteiger partial charge in [-0.05, 0) is 35.9 Å². The molecule has 0 bridgehead atoms. The number of benzene rings is 2. The summed E-state index contributed by atoms with van der Waals surface area (Å²) in [6, 6.07) is 11.6. The second-order valence-electron chi connectivity index (χ2n) is 6.86. The SMILES string of the molecule is Clc1cc(Nc2ncnc3ccc(CC4=NCCO4)cc23)ccc1OCc1nccs1. The summed E-state index contributed by atoms with van der Waals surface area (Å²) in [5.74, 6) is 2.08. The van der Waals surface area contributed by atoms with Crippen LogP contribution in [0.3, 0.4) is 0 Å². The standard InChI is InChI=1S/C22H18ClN5O2S/c23-17-11-15(2-4-19(17)30-12-21-25-6-8-31-21)28-22-16-9-14(10-20-24-5-7-29-20)1-3-18(16)26-13-27-22/h1-4,6,8-9,11,13H,5,7,10,12H2,(H,26,27,28). The number of ether oxygens (including phenoxy) is 2. The summed E-state index contributed by atoms with van der Waals surface area (Å²) in [7, 11) is 0. The zero-order chi connectivity index (χ0) is 21.0. The molecule has 0 aliphatic carbocycles. The molecule has 4 aromatic rings. The van der Waals surface area contributed by atoms with E-state index in [1.54, 1.807) is 23.9 Å². The van der Waals surface area contributed by atoms with Gasteiger partial charge < -0.3 is 14.8 Å². The molecule has 2 aromatic carbocycles. The number of rotatable bonds is 7. The van der Waals surface area contributed by atoms with Crippen molar-refractivity contribution in [3.63, 3.8) is 0 Å². The number of thiazole rings is 1. The Balaban J connectivity index is 1.36. The minimum absolute atomic E-state index is 0.387. The zero-order valence-electron chi connectivity index (χ0n) is 16.4. The maximum absolute atomic E-state index is 6.43. The Morgan fingerprint density at radius 3 is 2.90 bits per heavy atom. The number of hydrogen-bond donors (Lipinski definition) is 1. The number of nitrogens with one attached hydrogen (secondary N) is 1. The van der Waals surface area contributed by atoms with Gasteiger partial charge in [0.1, 0.15) is 36.1 Å². The fourth-order valence-corrected chi connectivity index (χ4v) is 4.03. The summed E-state index contributed by atoms with van der Waals surface area (Å²) in [5.41, 5.74) is 2.75. The average Bonchev–Trinajstić information content (AvgIpc) is 3.48. The molecule has 0 saturated heterocycles. The number of fused-ring (bicyclic) bond motifs is 1. The highest BCUT2D eigenvalue weighted by atomic mass is 35.5. The molecule has 0 fully saturated rings. The summed E-state index contributed by atoms with van der Waals surface area (Å²) < 4.78 is 11.3. The summed E-state index contributed by atoms with van der Waals surface area (Å²) >= 11 is 7.98. The molecule has 1 aliphatic heterocycles. The van der Waals surface area contributed by atoms with Crippen molar-refractivity contribution in [2.75, 3.05) is 18.5 Å². The van der Waals surface area contributed by atoms with E-state index < -0.39 is 0 Å². The van der Waals surface area contributed by atoms with Crippen molar-refractivity contribution in [1.82, 2.24) is 15.0 Å². The summed E-state index contributed by atoms with van der Waals surface area (Å²) in [5, 5.41) is 7.58. The fraction of sp³-hybridized carbons (Fsp3) is 0.182. The van der Waals surface area contributed by atoms with Crippen molar-refractivity contribution in [2.24, 2.45) is 4.99 Å². The maximum atomic E-state index is 6.43. The Labute approximate surface area is 187 Å². The van der Waals surface area contributed by atoms with E-state index in [4.69, 9.17) is 21.1 Å². The molecule has 0 saturated carbocycles. The number of anilines is 2. The highest BCUT2D eigenvalue weighted by Gasteiger charge is 2.12. The maximum Gasteiger partial charge on any atom is 0.187 e. The summed E-state index contributed by atoms with van der Waals surface area (Å²) in [6.07, 6.45) is 3.95. The third kappa shape index (κ3) is 4.60. The first-order valence-electron chi connectivity index (χ1n) is 9.72. The number of aromatic nitrogens is 3. The van der Waals surface area contributed by atoms with Crippen molar-refractivity contribution in [2.45, 2.75) is 13.0 Å². The molecule has 7 nitrogen and oxygen atoms in total. The predicted molar refractivity (Wildman–Crippen MR) is 123 cm³/mol. The van der Waals surface area contributed by atoms with Gasteiger partial charge in [-0.15, -0.1) is 11.3 Å². The molecular weight excluding hydrogens is 434 g/mol. The molecule has 2 aromatic heterocycles. The molecule has 9 heteroatoms. The van der Waals surface area contributed by atoms with Crippen LogP contribution < -0.4 is 10.1 Å². The Bertz CT molecular complexity index is 1250. The van der Waals surface area contributed by atoms with Crippen LogP contribution in [-0.2, 0) is 17.8 Å². The van der Waals surface area contributed by atoms with E-state index in [1.165, 1.54) is 0 Å². The molecular formula is C22H18ClN5O2S. The third-order valence-corrected chi connectivity index (χ3v) is 5.78. The Kier molecular flexibility index (Phi) is 5.64. The van der Waals surface area contributed by atoms with Gasteiger partial charge in [0, 0.05) is 29.1 Å². The van der Waals surface area contributed by atoms with Crippen LogP contribution in [0, 0.1) is 0 Å². The van der Waals surface area contributed by atoms with Gasteiger partial charge in [0.2, 0.25) is 0 Å². The van der Waals surface area contributed by atoms with Crippen LogP contribution in [0.5, 0.6) is 5.75 Å². The molecule has 0 amide bonds. The molecule has 31 heavy (non-hydrogen) atoms. The second kappa shape index (κ2) is 8.87. The van der Waals surface area contributed by atoms with Gasteiger partial charge in [0.15, 0.2) is 5.90 Å². The third-order valence-electron chi connectivity index (χ3n) is 4.73. The van der Waals surface area contributed by atoms with Crippen LogP contribution in [0.2, 0.25) is 5.02 Å². The van der Waals surface area contributed by atoms with E-state index in [2.05, 4.69) is 31.3 Å². The van der Waals surface area contributed by atoms with Crippen LogP contribution in [0.15, 0.2) is 59.3 Å². The van der Waals surface area contributed by atoms with Gasteiger partial charge in [0.25, 0.3) is 0 Å². The van der Waals surface area contributed by atoms with E-state index in [9.17, 15) is 0 Å². The van der Waals surface area contributed by atoms with Gasteiger partial charge in [-0.25, -0.2) is 15.0 Å². The molecule has 0 unspecified atom stereocenters. The Morgan fingerprint density at radius 1 is 1.13 bits per heavy atom. The Hall–Kier alpha value is -3.23. The molecule has 3 heterocycles. The number of aliphatic imine (C=N–C) groups is 1. The van der Waals surface area contributed by atoms with E-state index in [0.717, 1.165) is 39.6 Å². The van der Waals surface area contributed by atoms with Crippen molar-refractivity contribution >= 4 is 51.2 Å². The lowest BCUT2D eigenvalue weighted by molar-refractivity contribution is 0.306. The van der Waals surface area contributed by atoms with E-state index in [0.29, 0.717) is 36.2 Å². The number of hydrogen-bond acceptors (Lipinski definition) is 8. The minimum atomic E-state index is 0.387. The monoisotopic (exact) mass is 451 g/mol. The topological polar surface area (TPSA) is 81.5 Å². The molecule has 0 atom stereocenters. The van der Waals surface area contributed by atoms with E-state index in [-0.39, 0.29) is 0 Å². The predicted octanol–water partition coefficient (Wildman–Crippen LogP) is 5.03. The van der Waals surface area contributed by atoms with Crippen molar-refractivity contribution in [3.8, 4) is 5.75 Å². The summed E-state index contributed by atoms with van der Waals surface area (Å²) in [6.45, 7) is 1.77. The highest BCUT2D eigenvalue weighted by Crippen LogP contribution is 2.31. The minimum Gasteiger partial charge on any atom is -0.485 e. The van der Waals surface area contributed by atoms with Crippen LogP contribution >= 0.6 is 22.9 Å². The van der Waals surface area contributed by atoms with E-state index >= 15 is 0 Å².